The number of urea groups is 1. The molecule has 2 aromatic rings. The van der Waals surface area contributed by atoms with E-state index in [1.54, 1.807) is 11.8 Å². The molecule has 1 fully saturated rings. The largest absolute Gasteiger partial charge is 0.325 e. The van der Waals surface area contributed by atoms with Crippen molar-refractivity contribution in [3.63, 3.8) is 0 Å². The number of anilines is 1. The van der Waals surface area contributed by atoms with Gasteiger partial charge in [-0.15, -0.1) is 0 Å². The molecule has 1 unspecified atom stereocenters. The van der Waals surface area contributed by atoms with Gasteiger partial charge >= 0.3 is 6.03 Å². The Bertz CT molecular complexity index is 874. The molecule has 136 valence electrons. The smallest absolute Gasteiger partial charge is 0.323 e. The number of amides is 4. The second kappa shape index (κ2) is 6.78. The minimum atomic E-state index is -0.937. The lowest BCUT2D eigenvalue weighted by Gasteiger charge is -2.25. The third-order valence-electron chi connectivity index (χ3n) is 5.02. The van der Waals surface area contributed by atoms with E-state index in [-0.39, 0.29) is 18.4 Å². The highest BCUT2D eigenvalue weighted by atomic mass is 16.2. The standard InChI is InChI=1S/C20H23N3O3/c1-4-20(3)18(25)23(19(26)21-20)13-17(24)22(5-2)16-12-8-10-14-9-6-7-11-15(14)16/h6-12H,4-5,13H2,1-3H3,(H,21,26). The van der Waals surface area contributed by atoms with Gasteiger partial charge in [0, 0.05) is 11.9 Å². The van der Waals surface area contributed by atoms with Crippen molar-refractivity contribution < 1.29 is 14.4 Å². The molecule has 1 saturated heterocycles. The predicted molar refractivity (Wildman–Crippen MR) is 101 cm³/mol. The topological polar surface area (TPSA) is 69.7 Å². The molecule has 6 nitrogen and oxygen atoms in total. The van der Waals surface area contributed by atoms with E-state index in [1.165, 1.54) is 0 Å². The SMILES string of the molecule is CCN(C(=O)CN1C(=O)NC(C)(CC)C1=O)c1cccc2ccccc12. The van der Waals surface area contributed by atoms with Gasteiger partial charge in [0.2, 0.25) is 5.91 Å². The lowest BCUT2D eigenvalue weighted by Crippen LogP contribution is -2.45. The Morgan fingerprint density at radius 3 is 2.46 bits per heavy atom. The molecule has 2 aromatic carbocycles. The number of carbonyl (C=O) groups is 3. The number of nitrogens with one attached hydrogen (secondary N) is 1. The first-order chi connectivity index (χ1) is 12.4. The highest BCUT2D eigenvalue weighted by Crippen LogP contribution is 2.27. The maximum Gasteiger partial charge on any atom is 0.325 e. The van der Waals surface area contributed by atoms with Crippen LogP contribution in [0.4, 0.5) is 10.5 Å². The molecular formula is C20H23N3O3. The average molecular weight is 353 g/mol. The molecule has 1 aliphatic heterocycles. The number of fused-ring (bicyclic) bond motifs is 1. The molecule has 1 heterocycles. The number of imide groups is 1. The number of benzene rings is 2. The molecule has 0 spiro atoms. The van der Waals surface area contributed by atoms with Gasteiger partial charge in [-0.1, -0.05) is 43.3 Å². The van der Waals surface area contributed by atoms with Gasteiger partial charge in [0.05, 0.1) is 5.69 Å². The average Bonchev–Trinajstić information content (AvgIpc) is 2.86. The van der Waals surface area contributed by atoms with Crippen LogP contribution in [0, 0.1) is 0 Å². The Kier molecular flexibility index (Phi) is 4.68. The van der Waals surface area contributed by atoms with Crippen LogP contribution in [0.1, 0.15) is 27.2 Å². The van der Waals surface area contributed by atoms with Crippen molar-refractivity contribution in [2.75, 3.05) is 18.0 Å². The number of rotatable bonds is 5. The molecule has 0 bridgehead atoms. The van der Waals surface area contributed by atoms with E-state index < -0.39 is 11.6 Å². The third-order valence-corrected chi connectivity index (χ3v) is 5.02. The Morgan fingerprint density at radius 1 is 1.12 bits per heavy atom. The normalized spacial score (nSPS) is 19.7. The second-order valence-corrected chi connectivity index (χ2v) is 6.64. The van der Waals surface area contributed by atoms with Crippen LogP contribution >= 0.6 is 0 Å². The first-order valence-corrected chi connectivity index (χ1v) is 8.83. The van der Waals surface area contributed by atoms with Crippen LogP contribution < -0.4 is 10.2 Å². The molecule has 0 aromatic heterocycles. The van der Waals surface area contributed by atoms with Gasteiger partial charge < -0.3 is 10.2 Å². The van der Waals surface area contributed by atoms with Crippen LogP contribution in [0.3, 0.4) is 0 Å². The van der Waals surface area contributed by atoms with E-state index in [9.17, 15) is 14.4 Å². The number of hydrogen-bond donors (Lipinski definition) is 1. The van der Waals surface area contributed by atoms with Crippen LogP contribution in [-0.2, 0) is 9.59 Å². The number of carbonyl (C=O) groups excluding carboxylic acids is 3. The molecule has 1 atom stereocenters. The minimum Gasteiger partial charge on any atom is -0.323 e. The van der Waals surface area contributed by atoms with Crippen LogP contribution in [-0.4, -0.2) is 41.4 Å². The van der Waals surface area contributed by atoms with Crippen LogP contribution in [0.5, 0.6) is 0 Å². The van der Waals surface area contributed by atoms with Crippen LogP contribution in [0.15, 0.2) is 42.5 Å². The number of likely N-dealkylation sites (N-methyl/N-ethyl adjacent to an activating group) is 1. The van der Waals surface area contributed by atoms with E-state index in [0.29, 0.717) is 13.0 Å². The quantitative estimate of drug-likeness (QED) is 0.840. The third kappa shape index (κ3) is 2.92. The van der Waals surface area contributed by atoms with Gasteiger partial charge in [-0.05, 0) is 31.7 Å². The molecule has 26 heavy (non-hydrogen) atoms. The van der Waals surface area contributed by atoms with Crippen LogP contribution in [0.2, 0.25) is 0 Å². The van der Waals surface area contributed by atoms with Crippen molar-refractivity contribution in [3.8, 4) is 0 Å². The monoisotopic (exact) mass is 353 g/mol. The highest BCUT2D eigenvalue weighted by molar-refractivity contribution is 6.11. The van der Waals surface area contributed by atoms with E-state index in [1.807, 2.05) is 56.3 Å². The van der Waals surface area contributed by atoms with Crippen molar-refractivity contribution in [3.05, 3.63) is 42.5 Å². The fourth-order valence-electron chi connectivity index (χ4n) is 3.28. The molecule has 0 saturated carbocycles. The lowest BCUT2D eigenvalue weighted by atomic mass is 9.99. The van der Waals surface area contributed by atoms with Crippen molar-refractivity contribution in [1.82, 2.24) is 10.2 Å². The van der Waals surface area contributed by atoms with E-state index in [4.69, 9.17) is 0 Å². The summed E-state index contributed by atoms with van der Waals surface area (Å²) in [6, 6.07) is 13.1. The molecule has 1 aliphatic rings. The fourth-order valence-corrected chi connectivity index (χ4v) is 3.28. The summed E-state index contributed by atoms with van der Waals surface area (Å²) in [7, 11) is 0. The molecule has 4 amide bonds. The maximum atomic E-state index is 12.9. The predicted octanol–water partition coefficient (Wildman–Crippen LogP) is 2.91. The molecular weight excluding hydrogens is 330 g/mol. The van der Waals surface area contributed by atoms with Crippen molar-refractivity contribution in [1.29, 1.82) is 0 Å². The van der Waals surface area contributed by atoms with Crippen LogP contribution in [0.25, 0.3) is 10.8 Å². The number of hydrogen-bond acceptors (Lipinski definition) is 3. The Labute approximate surface area is 152 Å². The minimum absolute atomic E-state index is 0.267. The zero-order chi connectivity index (χ0) is 18.9. The Hall–Kier alpha value is -2.89. The van der Waals surface area contributed by atoms with Gasteiger partial charge in [-0.2, -0.15) is 0 Å². The molecule has 0 radical (unpaired) electrons. The number of nitrogens with zero attached hydrogens (tertiary/aromatic N) is 2. The van der Waals surface area contributed by atoms with E-state index >= 15 is 0 Å². The first-order valence-electron chi connectivity index (χ1n) is 8.83. The van der Waals surface area contributed by atoms with Crippen molar-refractivity contribution in [2.45, 2.75) is 32.7 Å². The highest BCUT2D eigenvalue weighted by Gasteiger charge is 2.47. The fraction of sp³-hybridized carbons (Fsp3) is 0.350. The summed E-state index contributed by atoms with van der Waals surface area (Å²) in [4.78, 5) is 40.3. The van der Waals surface area contributed by atoms with Gasteiger partial charge in [-0.3, -0.25) is 14.5 Å². The summed E-state index contributed by atoms with van der Waals surface area (Å²) < 4.78 is 0. The van der Waals surface area contributed by atoms with E-state index in [2.05, 4.69) is 5.32 Å². The van der Waals surface area contributed by atoms with Crippen molar-refractivity contribution in [2.24, 2.45) is 0 Å². The summed E-state index contributed by atoms with van der Waals surface area (Å²) >= 11 is 0. The second-order valence-electron chi connectivity index (χ2n) is 6.64. The van der Waals surface area contributed by atoms with Gasteiger partial charge in [0.1, 0.15) is 12.1 Å². The zero-order valence-corrected chi connectivity index (χ0v) is 15.3. The summed E-state index contributed by atoms with van der Waals surface area (Å²) in [5.41, 5.74) is -0.158. The molecule has 3 rings (SSSR count). The molecule has 0 aliphatic carbocycles. The van der Waals surface area contributed by atoms with Gasteiger partial charge in [-0.25, -0.2) is 4.79 Å². The molecule has 1 N–H and O–H groups in total. The summed E-state index contributed by atoms with van der Waals surface area (Å²) in [5, 5.41) is 4.67. The van der Waals surface area contributed by atoms with Gasteiger partial charge in [0.25, 0.3) is 5.91 Å². The zero-order valence-electron chi connectivity index (χ0n) is 15.3. The summed E-state index contributed by atoms with van der Waals surface area (Å²) in [6.07, 6.45) is 0.475. The Morgan fingerprint density at radius 2 is 1.81 bits per heavy atom. The molecule has 6 heteroatoms. The van der Waals surface area contributed by atoms with Gasteiger partial charge in [0.15, 0.2) is 0 Å². The maximum absolute atomic E-state index is 12.9. The lowest BCUT2D eigenvalue weighted by molar-refractivity contribution is -0.134. The van der Waals surface area contributed by atoms with Crippen molar-refractivity contribution >= 4 is 34.3 Å². The summed E-state index contributed by atoms with van der Waals surface area (Å²) in [5.74, 6) is -0.639. The van der Waals surface area contributed by atoms with E-state index in [0.717, 1.165) is 21.4 Å². The first kappa shape index (κ1) is 17.9. The Balaban J connectivity index is 1.88. The summed E-state index contributed by atoms with van der Waals surface area (Å²) in [6.45, 7) is 5.57.